The third-order valence-corrected chi connectivity index (χ3v) is 6.19. The Morgan fingerprint density at radius 2 is 1.84 bits per heavy atom. The SMILES string of the molecule is Cc1ccc(C(=O)N/C(=C\c2cccs2)C(=O)NCCc2ccc(Cl)cc2Cl)cc1C. The van der Waals surface area contributed by atoms with Crippen LogP contribution in [0.3, 0.4) is 0 Å². The minimum absolute atomic E-state index is 0.188. The number of benzene rings is 2. The summed E-state index contributed by atoms with van der Waals surface area (Å²) in [6.45, 7) is 4.30. The fraction of sp³-hybridized carbons (Fsp3) is 0.167. The van der Waals surface area contributed by atoms with Crippen molar-refractivity contribution in [2.45, 2.75) is 20.3 Å². The summed E-state index contributed by atoms with van der Waals surface area (Å²) in [5.74, 6) is -0.697. The zero-order valence-electron chi connectivity index (χ0n) is 17.2. The molecule has 1 heterocycles. The number of nitrogens with one attached hydrogen (secondary N) is 2. The Labute approximate surface area is 195 Å². The molecule has 0 radical (unpaired) electrons. The fourth-order valence-electron chi connectivity index (χ4n) is 2.88. The molecule has 0 aliphatic carbocycles. The van der Waals surface area contributed by atoms with Crippen LogP contribution >= 0.6 is 34.5 Å². The van der Waals surface area contributed by atoms with Crippen LogP contribution in [0.4, 0.5) is 0 Å². The second kappa shape index (κ2) is 10.6. The van der Waals surface area contributed by atoms with Crippen LogP contribution in [0.2, 0.25) is 10.0 Å². The highest BCUT2D eigenvalue weighted by Crippen LogP contribution is 2.21. The Morgan fingerprint density at radius 3 is 2.52 bits per heavy atom. The number of halogens is 2. The summed E-state index contributed by atoms with van der Waals surface area (Å²) < 4.78 is 0. The molecule has 1 aromatic heterocycles. The van der Waals surface area contributed by atoms with Gasteiger partial charge in [0.05, 0.1) is 0 Å². The van der Waals surface area contributed by atoms with Crippen molar-refractivity contribution >= 4 is 52.4 Å². The molecule has 0 aliphatic heterocycles. The number of carbonyl (C=O) groups excluding carboxylic acids is 2. The number of amides is 2. The number of aryl methyl sites for hydroxylation is 2. The average Bonchev–Trinajstić information content (AvgIpc) is 3.24. The summed E-state index contributed by atoms with van der Waals surface area (Å²) in [4.78, 5) is 26.5. The Balaban J connectivity index is 1.71. The largest absolute Gasteiger partial charge is 0.350 e. The van der Waals surface area contributed by atoms with Crippen molar-refractivity contribution in [3.05, 3.63) is 96.8 Å². The molecule has 31 heavy (non-hydrogen) atoms. The molecule has 0 atom stereocenters. The van der Waals surface area contributed by atoms with Crippen molar-refractivity contribution in [1.82, 2.24) is 10.6 Å². The van der Waals surface area contributed by atoms with Crippen molar-refractivity contribution in [1.29, 1.82) is 0 Å². The molecule has 7 heteroatoms. The summed E-state index contributed by atoms with van der Waals surface area (Å²) in [5, 5.41) is 8.64. The normalized spacial score (nSPS) is 11.3. The molecular weight excluding hydrogens is 451 g/mol. The van der Waals surface area contributed by atoms with Gasteiger partial charge in [-0.05, 0) is 78.7 Å². The lowest BCUT2D eigenvalue weighted by atomic mass is 10.1. The van der Waals surface area contributed by atoms with Gasteiger partial charge in [0.25, 0.3) is 11.8 Å². The lowest BCUT2D eigenvalue weighted by Gasteiger charge is -2.12. The van der Waals surface area contributed by atoms with E-state index in [4.69, 9.17) is 23.2 Å². The minimum Gasteiger partial charge on any atom is -0.350 e. The van der Waals surface area contributed by atoms with Gasteiger partial charge in [0.2, 0.25) is 0 Å². The van der Waals surface area contributed by atoms with E-state index in [9.17, 15) is 9.59 Å². The molecule has 3 rings (SSSR count). The van der Waals surface area contributed by atoms with Crippen molar-refractivity contribution in [2.75, 3.05) is 6.54 Å². The summed E-state index contributed by atoms with van der Waals surface area (Å²) >= 11 is 13.6. The third kappa shape index (κ3) is 6.44. The van der Waals surface area contributed by atoms with Crippen LogP contribution in [0.25, 0.3) is 6.08 Å². The molecule has 0 fully saturated rings. The predicted molar refractivity (Wildman–Crippen MR) is 129 cm³/mol. The van der Waals surface area contributed by atoms with Crippen molar-refractivity contribution in [3.63, 3.8) is 0 Å². The number of hydrogen-bond donors (Lipinski definition) is 2. The van der Waals surface area contributed by atoms with Gasteiger partial charge >= 0.3 is 0 Å². The molecule has 4 nitrogen and oxygen atoms in total. The van der Waals surface area contributed by atoms with Crippen LogP contribution in [0.15, 0.2) is 59.6 Å². The molecule has 0 saturated heterocycles. The van der Waals surface area contributed by atoms with Crippen LogP contribution in [0, 0.1) is 13.8 Å². The van der Waals surface area contributed by atoms with Crippen molar-refractivity contribution in [3.8, 4) is 0 Å². The van der Waals surface area contributed by atoms with Gasteiger partial charge in [-0.25, -0.2) is 0 Å². The first-order chi connectivity index (χ1) is 14.8. The molecule has 160 valence electrons. The second-order valence-electron chi connectivity index (χ2n) is 7.07. The fourth-order valence-corrected chi connectivity index (χ4v) is 4.04. The smallest absolute Gasteiger partial charge is 0.267 e. The monoisotopic (exact) mass is 472 g/mol. The summed E-state index contributed by atoms with van der Waals surface area (Å²) in [5.41, 5.74) is 3.69. The summed E-state index contributed by atoms with van der Waals surface area (Å²) in [7, 11) is 0. The number of hydrogen-bond acceptors (Lipinski definition) is 3. The van der Waals surface area contributed by atoms with Gasteiger partial charge in [-0.15, -0.1) is 11.3 Å². The van der Waals surface area contributed by atoms with Crippen LogP contribution in [-0.4, -0.2) is 18.4 Å². The quantitative estimate of drug-likeness (QED) is 0.426. The van der Waals surface area contributed by atoms with Crippen LogP contribution in [0.1, 0.15) is 31.9 Å². The average molecular weight is 473 g/mol. The van der Waals surface area contributed by atoms with Gasteiger partial charge in [-0.3, -0.25) is 9.59 Å². The minimum atomic E-state index is -0.365. The zero-order chi connectivity index (χ0) is 22.4. The van der Waals surface area contributed by atoms with Crippen molar-refractivity contribution in [2.24, 2.45) is 0 Å². The van der Waals surface area contributed by atoms with Gasteiger partial charge in [-0.1, -0.05) is 41.4 Å². The van der Waals surface area contributed by atoms with E-state index in [-0.39, 0.29) is 17.5 Å². The molecule has 3 aromatic rings. The zero-order valence-corrected chi connectivity index (χ0v) is 19.5. The summed E-state index contributed by atoms with van der Waals surface area (Å²) in [6, 6.07) is 14.5. The first kappa shape index (κ1) is 23.1. The van der Waals surface area contributed by atoms with Crippen LogP contribution in [-0.2, 0) is 11.2 Å². The number of carbonyl (C=O) groups is 2. The van der Waals surface area contributed by atoms with E-state index in [1.807, 2.05) is 49.6 Å². The van der Waals surface area contributed by atoms with E-state index < -0.39 is 0 Å². The van der Waals surface area contributed by atoms with E-state index >= 15 is 0 Å². The van der Waals surface area contributed by atoms with Crippen LogP contribution in [0.5, 0.6) is 0 Å². The molecule has 0 spiro atoms. The van der Waals surface area contributed by atoms with E-state index in [1.54, 1.807) is 24.3 Å². The van der Waals surface area contributed by atoms with E-state index in [2.05, 4.69) is 10.6 Å². The van der Waals surface area contributed by atoms with Gasteiger partial charge < -0.3 is 10.6 Å². The molecule has 0 saturated carbocycles. The lowest BCUT2D eigenvalue weighted by molar-refractivity contribution is -0.117. The highest BCUT2D eigenvalue weighted by Gasteiger charge is 2.15. The van der Waals surface area contributed by atoms with Gasteiger partial charge in [0, 0.05) is 27.0 Å². The maximum Gasteiger partial charge on any atom is 0.267 e. The Kier molecular flexibility index (Phi) is 7.91. The maximum atomic E-state index is 12.8. The first-order valence-corrected chi connectivity index (χ1v) is 11.3. The molecule has 2 N–H and O–H groups in total. The first-order valence-electron chi connectivity index (χ1n) is 9.69. The highest BCUT2D eigenvalue weighted by atomic mass is 35.5. The molecule has 0 bridgehead atoms. The Bertz CT molecular complexity index is 1120. The lowest BCUT2D eigenvalue weighted by Crippen LogP contribution is -2.35. The number of thiophene rings is 1. The van der Waals surface area contributed by atoms with E-state index in [1.165, 1.54) is 11.3 Å². The van der Waals surface area contributed by atoms with Gasteiger partial charge in [0.15, 0.2) is 0 Å². The molecular formula is C24H22Cl2N2O2S. The standard InChI is InChI=1S/C24H22Cl2N2O2S/c1-15-5-6-18(12-16(15)2)23(29)28-22(14-20-4-3-11-31-20)24(30)27-10-9-17-7-8-19(25)13-21(17)26/h3-8,11-14H,9-10H2,1-2H3,(H,27,30)(H,28,29)/b22-14-. The number of rotatable bonds is 7. The maximum absolute atomic E-state index is 12.8. The van der Waals surface area contributed by atoms with Crippen LogP contribution < -0.4 is 10.6 Å². The molecule has 0 unspecified atom stereocenters. The summed E-state index contributed by atoms with van der Waals surface area (Å²) in [6.07, 6.45) is 2.22. The third-order valence-electron chi connectivity index (χ3n) is 4.79. The van der Waals surface area contributed by atoms with Crippen molar-refractivity contribution < 1.29 is 9.59 Å². The Hall–Kier alpha value is -2.60. The van der Waals surface area contributed by atoms with Gasteiger partial charge in [0.1, 0.15) is 5.70 Å². The molecule has 2 aromatic carbocycles. The molecule has 0 aliphatic rings. The second-order valence-corrected chi connectivity index (χ2v) is 8.89. The van der Waals surface area contributed by atoms with E-state index in [0.29, 0.717) is 28.6 Å². The predicted octanol–water partition coefficient (Wildman–Crippen LogP) is 5.80. The highest BCUT2D eigenvalue weighted by molar-refractivity contribution is 7.10. The molecule has 2 amide bonds. The topological polar surface area (TPSA) is 58.2 Å². The van der Waals surface area contributed by atoms with Gasteiger partial charge in [-0.2, -0.15) is 0 Å². The van der Waals surface area contributed by atoms with E-state index in [0.717, 1.165) is 21.6 Å². The Morgan fingerprint density at radius 1 is 1.03 bits per heavy atom.